The smallest absolute Gasteiger partial charge is 0.338 e. The molecule has 1 N–H and O–H groups in total. The topological polar surface area (TPSA) is 74.2 Å². The van der Waals surface area contributed by atoms with Gasteiger partial charge < -0.3 is 24.1 Å². The molecule has 3 rings (SSSR count). The van der Waals surface area contributed by atoms with Gasteiger partial charge in [-0.25, -0.2) is 4.79 Å². The van der Waals surface area contributed by atoms with E-state index in [9.17, 15) is 9.90 Å². The number of ether oxygens (including phenoxy) is 4. The molecule has 1 aromatic carbocycles. The highest BCUT2D eigenvalue weighted by atomic mass is 16.7. The maximum atomic E-state index is 11.7. The maximum Gasteiger partial charge on any atom is 0.338 e. The van der Waals surface area contributed by atoms with Crippen molar-refractivity contribution in [2.45, 2.75) is 25.6 Å². The van der Waals surface area contributed by atoms with Crippen LogP contribution in [-0.2, 0) is 9.53 Å². The molecule has 0 bridgehead atoms. The van der Waals surface area contributed by atoms with Gasteiger partial charge >= 0.3 is 5.97 Å². The molecule has 108 valence electrons. The van der Waals surface area contributed by atoms with Crippen LogP contribution in [0.3, 0.4) is 0 Å². The van der Waals surface area contributed by atoms with Gasteiger partial charge in [-0.15, -0.1) is 0 Å². The molecule has 3 atom stereocenters. The highest BCUT2D eigenvalue weighted by molar-refractivity contribution is 5.82. The first-order valence-corrected chi connectivity index (χ1v) is 6.36. The Hall–Kier alpha value is -1.95. The molecular weight excluding hydrogens is 264 g/mol. The molecule has 1 fully saturated rings. The molecule has 1 saturated heterocycles. The van der Waals surface area contributed by atoms with E-state index in [4.69, 9.17) is 18.9 Å². The Morgan fingerprint density at radius 1 is 1.40 bits per heavy atom. The lowest BCUT2D eigenvalue weighted by Crippen LogP contribution is -2.35. The third-order valence-corrected chi connectivity index (χ3v) is 4.00. The van der Waals surface area contributed by atoms with Crippen molar-refractivity contribution in [1.29, 1.82) is 0 Å². The van der Waals surface area contributed by atoms with Crippen LogP contribution in [-0.4, -0.2) is 30.6 Å². The lowest BCUT2D eigenvalue weighted by atomic mass is 9.86. The Morgan fingerprint density at radius 2 is 2.15 bits per heavy atom. The number of methoxy groups -OCH3 is 1. The van der Waals surface area contributed by atoms with Gasteiger partial charge in [0.1, 0.15) is 6.10 Å². The summed E-state index contributed by atoms with van der Waals surface area (Å²) in [5.41, 5.74) is -0.779. The van der Waals surface area contributed by atoms with Gasteiger partial charge in [-0.1, -0.05) is 6.92 Å². The monoisotopic (exact) mass is 280 g/mol. The summed E-state index contributed by atoms with van der Waals surface area (Å²) < 4.78 is 21.2. The van der Waals surface area contributed by atoms with Crippen molar-refractivity contribution in [3.63, 3.8) is 0 Å². The minimum atomic E-state index is -1.49. The molecule has 1 aromatic rings. The van der Waals surface area contributed by atoms with Crippen LogP contribution >= 0.6 is 0 Å². The molecule has 20 heavy (non-hydrogen) atoms. The molecule has 6 nitrogen and oxygen atoms in total. The average Bonchev–Trinajstić information content (AvgIpc) is 2.96. The molecule has 0 saturated carbocycles. The average molecular weight is 280 g/mol. The second kappa shape index (κ2) is 4.28. The van der Waals surface area contributed by atoms with E-state index in [1.807, 2.05) is 0 Å². The van der Waals surface area contributed by atoms with Crippen LogP contribution in [0.2, 0.25) is 0 Å². The van der Waals surface area contributed by atoms with Crippen molar-refractivity contribution >= 4 is 5.97 Å². The largest absolute Gasteiger partial charge is 0.493 e. The van der Waals surface area contributed by atoms with Crippen LogP contribution in [0.25, 0.3) is 0 Å². The second-order valence-electron chi connectivity index (χ2n) is 5.22. The molecule has 0 aliphatic carbocycles. The summed E-state index contributed by atoms with van der Waals surface area (Å²) in [6.07, 6.45) is -0.541. The number of esters is 1. The van der Waals surface area contributed by atoms with E-state index in [0.29, 0.717) is 22.8 Å². The van der Waals surface area contributed by atoms with Crippen molar-refractivity contribution < 1.29 is 28.8 Å². The molecule has 0 spiro atoms. The molecule has 6 heteroatoms. The van der Waals surface area contributed by atoms with Gasteiger partial charge in [0.15, 0.2) is 17.1 Å². The van der Waals surface area contributed by atoms with E-state index < -0.39 is 17.7 Å². The van der Waals surface area contributed by atoms with E-state index in [2.05, 4.69) is 0 Å². The molecule has 0 aromatic heterocycles. The van der Waals surface area contributed by atoms with Crippen molar-refractivity contribution in [2.75, 3.05) is 13.9 Å². The molecular formula is C14H16O6. The number of carbonyl (C=O) groups is 1. The van der Waals surface area contributed by atoms with Crippen molar-refractivity contribution in [3.05, 3.63) is 17.7 Å². The standard InChI is InChI=1S/C14H16O6/c1-7-11(20-13(15)14(7,2)16)8-4-9(17-3)12-10(5-8)18-6-19-12/h4-5,7,11,16H,6H2,1-3H3/t7-,11+,14-/m1/s1. The number of benzene rings is 1. The van der Waals surface area contributed by atoms with Crippen molar-refractivity contribution in [1.82, 2.24) is 0 Å². The Bertz CT molecular complexity index is 565. The summed E-state index contributed by atoms with van der Waals surface area (Å²) in [6.45, 7) is 3.36. The molecule has 2 heterocycles. The zero-order valence-electron chi connectivity index (χ0n) is 11.5. The fourth-order valence-electron chi connectivity index (χ4n) is 2.49. The lowest BCUT2D eigenvalue weighted by molar-refractivity contribution is -0.154. The summed E-state index contributed by atoms with van der Waals surface area (Å²) in [7, 11) is 1.53. The van der Waals surface area contributed by atoms with Crippen molar-refractivity contribution in [3.8, 4) is 17.2 Å². The Balaban J connectivity index is 2.02. The SMILES string of the molecule is COc1cc([C@H]2OC(=O)[C@](C)(O)[C@@H]2C)cc2c1OCO2. The quantitative estimate of drug-likeness (QED) is 0.826. The fraction of sp³-hybridized carbons (Fsp3) is 0.500. The number of cyclic esters (lactones) is 1. The highest BCUT2D eigenvalue weighted by Crippen LogP contribution is 2.47. The van der Waals surface area contributed by atoms with Crippen LogP contribution in [0, 0.1) is 5.92 Å². The van der Waals surface area contributed by atoms with Crippen LogP contribution in [0.4, 0.5) is 0 Å². The van der Waals surface area contributed by atoms with Gasteiger partial charge in [0.05, 0.1) is 7.11 Å². The van der Waals surface area contributed by atoms with Crippen molar-refractivity contribution in [2.24, 2.45) is 5.92 Å². The normalized spacial score (nSPS) is 31.3. The van der Waals surface area contributed by atoms with E-state index in [1.165, 1.54) is 14.0 Å². The summed E-state index contributed by atoms with van der Waals surface area (Å²) in [5, 5.41) is 10.1. The number of rotatable bonds is 2. The third kappa shape index (κ3) is 1.71. The predicted molar refractivity (Wildman–Crippen MR) is 67.7 cm³/mol. The van der Waals surface area contributed by atoms with Crippen LogP contribution in [0.5, 0.6) is 17.2 Å². The van der Waals surface area contributed by atoms with Gasteiger partial charge in [-0.2, -0.15) is 0 Å². The first kappa shape index (κ1) is 13.1. The fourth-order valence-corrected chi connectivity index (χ4v) is 2.49. The number of hydrogen-bond donors (Lipinski definition) is 1. The molecule has 0 radical (unpaired) electrons. The Kier molecular flexibility index (Phi) is 2.79. The summed E-state index contributed by atoms with van der Waals surface area (Å²) in [4.78, 5) is 11.7. The third-order valence-electron chi connectivity index (χ3n) is 4.00. The molecule has 2 aliphatic heterocycles. The number of fused-ring (bicyclic) bond motifs is 1. The Morgan fingerprint density at radius 3 is 2.75 bits per heavy atom. The maximum absolute atomic E-state index is 11.7. The Labute approximate surface area is 116 Å². The van der Waals surface area contributed by atoms with Gasteiger partial charge in [0.2, 0.25) is 12.5 Å². The van der Waals surface area contributed by atoms with Gasteiger partial charge in [-0.05, 0) is 19.1 Å². The number of carbonyl (C=O) groups excluding carboxylic acids is 1. The van der Waals surface area contributed by atoms with Gasteiger partial charge in [0.25, 0.3) is 0 Å². The van der Waals surface area contributed by atoms with Crippen LogP contribution in [0.15, 0.2) is 12.1 Å². The van der Waals surface area contributed by atoms with Gasteiger partial charge in [-0.3, -0.25) is 0 Å². The van der Waals surface area contributed by atoms with E-state index >= 15 is 0 Å². The van der Waals surface area contributed by atoms with E-state index in [0.717, 1.165) is 0 Å². The van der Waals surface area contributed by atoms with E-state index in [-0.39, 0.29) is 12.7 Å². The van der Waals surface area contributed by atoms with Crippen LogP contribution < -0.4 is 14.2 Å². The first-order valence-electron chi connectivity index (χ1n) is 6.36. The van der Waals surface area contributed by atoms with Crippen LogP contribution in [0.1, 0.15) is 25.5 Å². The van der Waals surface area contributed by atoms with Gasteiger partial charge in [0, 0.05) is 11.5 Å². The lowest BCUT2D eigenvalue weighted by Gasteiger charge is -2.20. The minimum absolute atomic E-state index is 0.132. The molecule has 0 amide bonds. The zero-order valence-corrected chi connectivity index (χ0v) is 11.5. The minimum Gasteiger partial charge on any atom is -0.493 e. The summed E-state index contributed by atoms with van der Waals surface area (Å²) in [5.74, 6) is 0.616. The number of aliphatic hydroxyl groups is 1. The second-order valence-corrected chi connectivity index (χ2v) is 5.22. The molecule has 2 aliphatic rings. The summed E-state index contributed by atoms with van der Waals surface area (Å²) >= 11 is 0. The number of hydrogen-bond acceptors (Lipinski definition) is 6. The zero-order chi connectivity index (χ0) is 14.5. The van der Waals surface area contributed by atoms with E-state index in [1.54, 1.807) is 19.1 Å². The predicted octanol–water partition coefficient (Wildman–Crippen LogP) is 1.41. The highest BCUT2D eigenvalue weighted by Gasteiger charge is 2.51. The first-order chi connectivity index (χ1) is 9.45. The molecule has 0 unspecified atom stereocenters. The summed E-state index contributed by atoms with van der Waals surface area (Å²) in [6, 6.07) is 3.49.